The van der Waals surface area contributed by atoms with Crippen LogP contribution in [0.2, 0.25) is 10.0 Å². The molecule has 0 unspecified atom stereocenters. The number of nitrogens with two attached hydrogens (primary N) is 1. The third-order valence-electron chi connectivity index (χ3n) is 3.01. The van der Waals surface area contributed by atoms with E-state index in [0.29, 0.717) is 0 Å². The Labute approximate surface area is 142 Å². The average molecular weight is 399 g/mol. The van der Waals surface area contributed by atoms with Gasteiger partial charge in [-0.15, -0.1) is 0 Å². The zero-order valence-corrected chi connectivity index (χ0v) is 13.5. The fourth-order valence-electron chi connectivity index (χ4n) is 1.88. The molecule has 0 aromatic heterocycles. The van der Waals surface area contributed by atoms with Gasteiger partial charge in [0, 0.05) is 25.4 Å². The second-order valence-electron chi connectivity index (χ2n) is 4.67. The zero-order chi connectivity index (χ0) is 18.9. The molecule has 0 amide bonds. The smallest absolute Gasteiger partial charge is 0.349 e. The highest BCUT2D eigenvalue weighted by Gasteiger charge is 2.73. The number of hydrogen-bond acceptors (Lipinski definition) is 2. The van der Waals surface area contributed by atoms with Crippen LogP contribution < -0.4 is 10.6 Å². The van der Waals surface area contributed by atoms with Gasteiger partial charge in [-0.2, -0.15) is 26.3 Å². The molecule has 24 heavy (non-hydrogen) atoms. The number of anilines is 1. The molecule has 2 nitrogen and oxygen atoms in total. The lowest BCUT2D eigenvalue weighted by Crippen LogP contribution is -2.50. The molecule has 0 saturated heterocycles. The van der Waals surface area contributed by atoms with Crippen molar-refractivity contribution in [3.8, 4) is 0 Å². The fourth-order valence-corrected chi connectivity index (χ4v) is 2.64. The summed E-state index contributed by atoms with van der Waals surface area (Å²) in [5.41, 5.74) is -2.22. The number of alkyl halides is 7. The Balaban J connectivity index is 3.55. The molecule has 1 aromatic rings. The molecule has 1 rings (SSSR count). The minimum Gasteiger partial charge on any atom is -0.349 e. The summed E-state index contributed by atoms with van der Waals surface area (Å²) < 4.78 is 90.6. The van der Waals surface area contributed by atoms with Gasteiger partial charge in [0.25, 0.3) is 0 Å². The number of halogens is 9. The summed E-state index contributed by atoms with van der Waals surface area (Å²) in [5, 5.41) is -1.17. The lowest BCUT2D eigenvalue weighted by atomic mass is 9.94. The van der Waals surface area contributed by atoms with Gasteiger partial charge in [0.15, 0.2) is 0 Å². The van der Waals surface area contributed by atoms with Crippen molar-refractivity contribution in [1.82, 2.24) is 0 Å². The molecule has 1 aromatic carbocycles. The van der Waals surface area contributed by atoms with Crippen molar-refractivity contribution in [3.05, 3.63) is 40.0 Å². The second kappa shape index (κ2) is 6.97. The topological polar surface area (TPSA) is 29.3 Å². The minimum atomic E-state index is -6.25. The first kappa shape index (κ1) is 20.9. The third kappa shape index (κ3) is 3.73. The van der Waals surface area contributed by atoms with Crippen LogP contribution in [0.5, 0.6) is 0 Å². The summed E-state index contributed by atoms with van der Waals surface area (Å²) >= 11 is 11.4. The molecule has 11 heteroatoms. The molecule has 0 saturated carbocycles. The van der Waals surface area contributed by atoms with Crippen LogP contribution in [-0.4, -0.2) is 25.9 Å². The van der Waals surface area contributed by atoms with Crippen molar-refractivity contribution < 1.29 is 30.7 Å². The molecule has 0 fully saturated rings. The Morgan fingerprint density at radius 1 is 1.00 bits per heavy atom. The third-order valence-corrected chi connectivity index (χ3v) is 3.59. The van der Waals surface area contributed by atoms with E-state index in [-0.39, 0.29) is 24.4 Å². The van der Waals surface area contributed by atoms with E-state index in [4.69, 9.17) is 28.9 Å². The quantitative estimate of drug-likeness (QED) is 0.707. The summed E-state index contributed by atoms with van der Waals surface area (Å²) in [6.07, 6.45) is -9.70. The van der Waals surface area contributed by atoms with E-state index >= 15 is 0 Å². The van der Waals surface area contributed by atoms with Crippen molar-refractivity contribution in [1.29, 1.82) is 0 Å². The lowest BCUT2D eigenvalue weighted by molar-refractivity contribution is -0.348. The summed E-state index contributed by atoms with van der Waals surface area (Å²) in [6.45, 7) is 0.118. The molecule has 136 valence electrons. The normalized spacial score (nSPS) is 13.6. The standard InChI is InChI=1S/C13H11Cl2F7N2/c1-24(4-2-3-23)10-8(14)5-7(6-9(10)15)11(16,12(17,18)19)13(20,21)22/h2,4-6H,3,23H2,1H3/b4-2-. The Morgan fingerprint density at radius 2 is 1.42 bits per heavy atom. The first-order chi connectivity index (χ1) is 10.8. The van der Waals surface area contributed by atoms with Gasteiger partial charge >= 0.3 is 18.0 Å². The van der Waals surface area contributed by atoms with Gasteiger partial charge < -0.3 is 10.6 Å². The number of nitrogens with zero attached hydrogens (tertiary/aromatic N) is 1. The van der Waals surface area contributed by atoms with Crippen LogP contribution in [0.3, 0.4) is 0 Å². The van der Waals surface area contributed by atoms with Gasteiger partial charge in [-0.05, 0) is 12.1 Å². The van der Waals surface area contributed by atoms with Crippen molar-refractivity contribution in [2.75, 3.05) is 18.5 Å². The highest BCUT2D eigenvalue weighted by atomic mass is 35.5. The predicted octanol–water partition coefficient (Wildman–Crippen LogP) is 5.19. The van der Waals surface area contributed by atoms with Gasteiger partial charge in [-0.25, -0.2) is 4.39 Å². The Kier molecular flexibility index (Phi) is 6.06. The Morgan fingerprint density at radius 3 is 1.75 bits per heavy atom. The summed E-state index contributed by atoms with van der Waals surface area (Å²) in [4.78, 5) is 1.22. The Hall–Kier alpha value is -1.19. The summed E-state index contributed by atoms with van der Waals surface area (Å²) in [5.74, 6) is 0. The van der Waals surface area contributed by atoms with Gasteiger partial charge in [0.2, 0.25) is 0 Å². The maximum atomic E-state index is 14.0. The van der Waals surface area contributed by atoms with Crippen LogP contribution in [0.25, 0.3) is 0 Å². The maximum absolute atomic E-state index is 14.0. The van der Waals surface area contributed by atoms with Crippen molar-refractivity contribution in [2.24, 2.45) is 5.73 Å². The van der Waals surface area contributed by atoms with Gasteiger partial charge in [0.05, 0.1) is 15.7 Å². The fraction of sp³-hybridized carbons (Fsp3) is 0.385. The molecule has 0 aliphatic heterocycles. The van der Waals surface area contributed by atoms with Crippen LogP contribution >= 0.6 is 23.2 Å². The highest BCUT2D eigenvalue weighted by Crippen LogP contribution is 2.54. The highest BCUT2D eigenvalue weighted by molar-refractivity contribution is 6.39. The number of rotatable bonds is 4. The molecule has 0 aliphatic carbocycles. The van der Waals surface area contributed by atoms with Crippen molar-refractivity contribution >= 4 is 28.9 Å². The van der Waals surface area contributed by atoms with Gasteiger partial charge in [-0.3, -0.25) is 0 Å². The van der Waals surface area contributed by atoms with E-state index in [2.05, 4.69) is 0 Å². The van der Waals surface area contributed by atoms with E-state index in [1.165, 1.54) is 24.2 Å². The van der Waals surface area contributed by atoms with E-state index in [9.17, 15) is 30.7 Å². The first-order valence-corrected chi connectivity index (χ1v) is 6.94. The number of benzene rings is 1. The van der Waals surface area contributed by atoms with Crippen molar-refractivity contribution in [3.63, 3.8) is 0 Å². The van der Waals surface area contributed by atoms with Crippen LogP contribution in [0.15, 0.2) is 24.4 Å². The Bertz CT molecular complexity index is 589. The molecule has 0 atom stereocenters. The molecule has 0 heterocycles. The molecule has 0 bridgehead atoms. The molecule has 0 radical (unpaired) electrons. The zero-order valence-electron chi connectivity index (χ0n) is 11.9. The van der Waals surface area contributed by atoms with E-state index in [1.807, 2.05) is 0 Å². The molecular weight excluding hydrogens is 388 g/mol. The molecular formula is C13H11Cl2F7N2. The average Bonchev–Trinajstić information content (AvgIpc) is 2.40. The second-order valence-corrected chi connectivity index (χ2v) is 5.49. The van der Waals surface area contributed by atoms with Crippen LogP contribution in [0.4, 0.5) is 36.4 Å². The first-order valence-electron chi connectivity index (χ1n) is 6.18. The van der Waals surface area contributed by atoms with E-state index in [0.717, 1.165) is 0 Å². The lowest BCUT2D eigenvalue weighted by Gasteiger charge is -2.31. The van der Waals surface area contributed by atoms with E-state index in [1.54, 1.807) is 0 Å². The summed E-state index contributed by atoms with van der Waals surface area (Å²) in [7, 11) is 1.38. The minimum absolute atomic E-state index is 0.0986. The van der Waals surface area contributed by atoms with Gasteiger partial charge in [-0.1, -0.05) is 29.3 Å². The molecule has 2 N–H and O–H groups in total. The monoisotopic (exact) mass is 398 g/mol. The summed E-state index contributed by atoms with van der Waals surface area (Å²) in [6, 6.07) is 0.493. The largest absolute Gasteiger partial charge is 0.435 e. The maximum Gasteiger partial charge on any atom is 0.435 e. The van der Waals surface area contributed by atoms with Crippen molar-refractivity contribution in [2.45, 2.75) is 18.0 Å². The van der Waals surface area contributed by atoms with Crippen LogP contribution in [-0.2, 0) is 5.67 Å². The molecule has 0 spiro atoms. The van der Waals surface area contributed by atoms with Crippen LogP contribution in [0, 0.1) is 0 Å². The van der Waals surface area contributed by atoms with Crippen LogP contribution in [0.1, 0.15) is 5.56 Å². The predicted molar refractivity (Wildman–Crippen MR) is 78.0 cm³/mol. The number of hydrogen-bond donors (Lipinski definition) is 1. The SMILES string of the molecule is CN(/C=C\CN)c1c(Cl)cc(C(F)(C(F)(F)F)C(F)(F)F)cc1Cl. The van der Waals surface area contributed by atoms with E-state index < -0.39 is 33.6 Å². The molecule has 0 aliphatic rings. The van der Waals surface area contributed by atoms with Gasteiger partial charge in [0.1, 0.15) is 0 Å².